The normalized spacial score (nSPS) is 29.8. The number of hydrogen-bond acceptors (Lipinski definition) is 2. The van der Waals surface area contributed by atoms with Crippen molar-refractivity contribution in [1.29, 1.82) is 0 Å². The Labute approximate surface area is 73.5 Å². The van der Waals surface area contributed by atoms with Gasteiger partial charge in [0, 0.05) is 0 Å². The lowest BCUT2D eigenvalue weighted by Crippen LogP contribution is -2.22. The largest absolute Gasteiger partial charge is 0.251 e. The quantitative estimate of drug-likeness (QED) is 0.390. The molecular formula is C10H16O2. The van der Waals surface area contributed by atoms with Crippen LogP contribution in [0.2, 0.25) is 0 Å². The molecule has 2 atom stereocenters. The van der Waals surface area contributed by atoms with Gasteiger partial charge in [0.15, 0.2) is 0 Å². The van der Waals surface area contributed by atoms with Crippen molar-refractivity contribution in [1.82, 2.24) is 0 Å². The molecule has 0 radical (unpaired) electrons. The maximum atomic E-state index is 8.59. The first kappa shape index (κ1) is 9.49. The first-order chi connectivity index (χ1) is 5.65. The van der Waals surface area contributed by atoms with Gasteiger partial charge in [-0.15, -0.1) is 0 Å². The summed E-state index contributed by atoms with van der Waals surface area (Å²) in [4.78, 5) is 4.37. The van der Waals surface area contributed by atoms with Crippen LogP contribution >= 0.6 is 0 Å². The Hall–Kier alpha value is -0.600. The predicted molar refractivity (Wildman–Crippen MR) is 48.8 cm³/mol. The Morgan fingerprint density at radius 2 is 2.42 bits per heavy atom. The maximum Gasteiger partial charge on any atom is 0.114 e. The van der Waals surface area contributed by atoms with Gasteiger partial charge in [-0.2, -0.15) is 0 Å². The highest BCUT2D eigenvalue weighted by atomic mass is 17.1. The van der Waals surface area contributed by atoms with E-state index in [1.165, 1.54) is 5.57 Å². The van der Waals surface area contributed by atoms with Gasteiger partial charge in [0.25, 0.3) is 0 Å². The summed E-state index contributed by atoms with van der Waals surface area (Å²) < 4.78 is 0. The number of rotatable bonds is 2. The van der Waals surface area contributed by atoms with Crippen LogP contribution in [0.4, 0.5) is 0 Å². The van der Waals surface area contributed by atoms with Crippen LogP contribution in [0.5, 0.6) is 0 Å². The van der Waals surface area contributed by atoms with E-state index in [4.69, 9.17) is 5.26 Å². The molecule has 2 nitrogen and oxygen atoms in total. The van der Waals surface area contributed by atoms with Crippen molar-refractivity contribution in [3.05, 3.63) is 23.8 Å². The Kier molecular flexibility index (Phi) is 3.06. The lowest BCUT2D eigenvalue weighted by Gasteiger charge is -2.26. The maximum absolute atomic E-state index is 8.59. The number of allylic oxidation sites excluding steroid dienone is 2. The first-order valence-corrected chi connectivity index (χ1v) is 4.27. The van der Waals surface area contributed by atoms with Crippen LogP contribution in [-0.2, 0) is 4.89 Å². The second kappa shape index (κ2) is 3.87. The van der Waals surface area contributed by atoms with Crippen molar-refractivity contribution in [2.75, 3.05) is 0 Å². The molecule has 0 aromatic carbocycles. The standard InChI is InChI=1S/C10H16O2/c1-7(2)9-5-4-8(3)10(6-9)12-11/h4,9-11H,1,5-6H2,2-3H3/t9-,10-/m1/s1. The van der Waals surface area contributed by atoms with Crippen LogP contribution in [0.3, 0.4) is 0 Å². The minimum absolute atomic E-state index is 0.125. The summed E-state index contributed by atoms with van der Waals surface area (Å²) >= 11 is 0. The molecule has 1 aliphatic rings. The van der Waals surface area contributed by atoms with Crippen molar-refractivity contribution in [3.8, 4) is 0 Å². The van der Waals surface area contributed by atoms with Gasteiger partial charge in [0.05, 0.1) is 0 Å². The molecule has 0 saturated carbocycles. The minimum atomic E-state index is -0.125. The van der Waals surface area contributed by atoms with Crippen LogP contribution < -0.4 is 0 Å². The third-order valence-electron chi connectivity index (χ3n) is 2.55. The van der Waals surface area contributed by atoms with E-state index in [9.17, 15) is 0 Å². The molecule has 1 N–H and O–H groups in total. The van der Waals surface area contributed by atoms with E-state index in [0.717, 1.165) is 18.4 Å². The second-order valence-corrected chi connectivity index (χ2v) is 3.56. The van der Waals surface area contributed by atoms with E-state index in [2.05, 4.69) is 17.5 Å². The summed E-state index contributed by atoms with van der Waals surface area (Å²) in [5, 5.41) is 8.59. The summed E-state index contributed by atoms with van der Waals surface area (Å²) in [7, 11) is 0. The average molecular weight is 168 g/mol. The molecule has 68 valence electrons. The Morgan fingerprint density at radius 3 is 2.92 bits per heavy atom. The molecule has 0 fully saturated rings. The molecule has 0 spiro atoms. The molecule has 0 bridgehead atoms. The van der Waals surface area contributed by atoms with Gasteiger partial charge in [-0.3, -0.25) is 5.26 Å². The molecule has 0 aromatic heterocycles. The van der Waals surface area contributed by atoms with Gasteiger partial charge in [0.1, 0.15) is 6.10 Å². The van der Waals surface area contributed by atoms with Crippen molar-refractivity contribution in [2.45, 2.75) is 32.8 Å². The summed E-state index contributed by atoms with van der Waals surface area (Å²) in [6, 6.07) is 0. The molecule has 12 heavy (non-hydrogen) atoms. The van der Waals surface area contributed by atoms with Crippen molar-refractivity contribution in [3.63, 3.8) is 0 Å². The lowest BCUT2D eigenvalue weighted by atomic mass is 9.84. The molecule has 0 aromatic rings. The van der Waals surface area contributed by atoms with E-state index in [-0.39, 0.29) is 6.10 Å². The fourth-order valence-corrected chi connectivity index (χ4v) is 1.53. The minimum Gasteiger partial charge on any atom is -0.251 e. The topological polar surface area (TPSA) is 29.5 Å². The Bertz CT molecular complexity index is 206. The van der Waals surface area contributed by atoms with E-state index in [1.54, 1.807) is 0 Å². The summed E-state index contributed by atoms with van der Waals surface area (Å²) in [6.45, 7) is 7.91. The molecular weight excluding hydrogens is 152 g/mol. The third-order valence-corrected chi connectivity index (χ3v) is 2.55. The zero-order chi connectivity index (χ0) is 9.14. The summed E-state index contributed by atoms with van der Waals surface area (Å²) in [5.74, 6) is 0.464. The van der Waals surface area contributed by atoms with Crippen LogP contribution in [0.25, 0.3) is 0 Å². The highest BCUT2D eigenvalue weighted by molar-refractivity contribution is 5.14. The predicted octanol–water partition coefficient (Wildman–Crippen LogP) is 2.78. The van der Waals surface area contributed by atoms with Crippen molar-refractivity contribution in [2.24, 2.45) is 5.92 Å². The van der Waals surface area contributed by atoms with Crippen LogP contribution in [0, 0.1) is 5.92 Å². The molecule has 0 unspecified atom stereocenters. The fourth-order valence-electron chi connectivity index (χ4n) is 1.53. The van der Waals surface area contributed by atoms with Gasteiger partial charge >= 0.3 is 0 Å². The zero-order valence-electron chi connectivity index (χ0n) is 7.71. The van der Waals surface area contributed by atoms with E-state index >= 15 is 0 Å². The average Bonchev–Trinajstić information content (AvgIpc) is 2.05. The van der Waals surface area contributed by atoms with E-state index in [0.29, 0.717) is 5.92 Å². The van der Waals surface area contributed by atoms with Gasteiger partial charge in [-0.1, -0.05) is 18.2 Å². The molecule has 2 heteroatoms. The molecule has 1 aliphatic carbocycles. The van der Waals surface area contributed by atoms with Gasteiger partial charge < -0.3 is 0 Å². The van der Waals surface area contributed by atoms with Gasteiger partial charge in [-0.05, 0) is 38.2 Å². The molecule has 1 rings (SSSR count). The Morgan fingerprint density at radius 1 is 1.75 bits per heavy atom. The lowest BCUT2D eigenvalue weighted by molar-refractivity contribution is -0.272. The molecule has 0 amide bonds. The monoisotopic (exact) mass is 168 g/mol. The fraction of sp³-hybridized carbons (Fsp3) is 0.600. The second-order valence-electron chi connectivity index (χ2n) is 3.56. The molecule has 0 aliphatic heterocycles. The SMILES string of the molecule is C=C(C)[C@@H]1CC=C(C)[C@H](OO)C1. The summed E-state index contributed by atoms with van der Waals surface area (Å²) in [5.41, 5.74) is 2.29. The van der Waals surface area contributed by atoms with Crippen LogP contribution in [-0.4, -0.2) is 11.4 Å². The summed E-state index contributed by atoms with van der Waals surface area (Å²) in [6.07, 6.45) is 3.87. The molecule has 0 saturated heterocycles. The van der Waals surface area contributed by atoms with Gasteiger partial charge in [-0.25, -0.2) is 4.89 Å². The smallest absolute Gasteiger partial charge is 0.114 e. The third kappa shape index (κ3) is 1.96. The number of hydrogen-bond donors (Lipinski definition) is 1. The van der Waals surface area contributed by atoms with Crippen LogP contribution in [0.1, 0.15) is 26.7 Å². The first-order valence-electron chi connectivity index (χ1n) is 4.27. The van der Waals surface area contributed by atoms with E-state index in [1.807, 2.05) is 13.8 Å². The van der Waals surface area contributed by atoms with E-state index < -0.39 is 0 Å². The zero-order valence-corrected chi connectivity index (χ0v) is 7.71. The Balaban J connectivity index is 2.64. The molecule has 0 heterocycles. The van der Waals surface area contributed by atoms with Crippen molar-refractivity contribution >= 4 is 0 Å². The van der Waals surface area contributed by atoms with Crippen molar-refractivity contribution < 1.29 is 10.1 Å². The van der Waals surface area contributed by atoms with Crippen LogP contribution in [0.15, 0.2) is 23.8 Å². The van der Waals surface area contributed by atoms with Gasteiger partial charge in [0.2, 0.25) is 0 Å². The highest BCUT2D eigenvalue weighted by Crippen LogP contribution is 2.29. The highest BCUT2D eigenvalue weighted by Gasteiger charge is 2.22.